The second-order valence-corrected chi connectivity index (χ2v) is 7.87. The molecule has 0 aliphatic carbocycles. The molecule has 0 fully saturated rings. The molecule has 3 rings (SSSR count). The van der Waals surface area contributed by atoms with E-state index in [2.05, 4.69) is 20.9 Å². The van der Waals surface area contributed by atoms with Crippen molar-refractivity contribution in [2.24, 2.45) is 0 Å². The molecule has 2 aromatic carbocycles. The van der Waals surface area contributed by atoms with Gasteiger partial charge in [-0.3, -0.25) is 9.36 Å². The van der Waals surface area contributed by atoms with Crippen LogP contribution in [0.5, 0.6) is 0 Å². The summed E-state index contributed by atoms with van der Waals surface area (Å²) in [4.78, 5) is 17.8. The highest BCUT2D eigenvalue weighted by atomic mass is 79.9. The van der Waals surface area contributed by atoms with Crippen molar-refractivity contribution in [1.82, 2.24) is 9.55 Å². The predicted molar refractivity (Wildman–Crippen MR) is 108 cm³/mol. The lowest BCUT2D eigenvalue weighted by Crippen LogP contribution is -2.27. The molecule has 0 amide bonds. The number of thioether (sulfide) groups is 1. The Morgan fingerprint density at radius 3 is 2.65 bits per heavy atom. The fourth-order valence-corrected chi connectivity index (χ4v) is 4.05. The lowest BCUT2D eigenvalue weighted by atomic mass is 10.1. The molecule has 2 unspecified atom stereocenters. The van der Waals surface area contributed by atoms with Gasteiger partial charge in [-0.25, -0.2) is 4.98 Å². The minimum Gasteiger partial charge on any atom is -0.394 e. The summed E-state index contributed by atoms with van der Waals surface area (Å²) < 4.78 is 2.47. The summed E-state index contributed by atoms with van der Waals surface area (Å²) in [6, 6.07) is 14.9. The molecule has 2 atom stereocenters. The summed E-state index contributed by atoms with van der Waals surface area (Å²) in [5, 5.41) is 19.8. The molecule has 7 heteroatoms. The zero-order chi connectivity index (χ0) is 18.7. The summed E-state index contributed by atoms with van der Waals surface area (Å²) in [6.45, 7) is 1.63. The van der Waals surface area contributed by atoms with Crippen LogP contribution in [0.1, 0.15) is 18.5 Å². The zero-order valence-electron chi connectivity index (χ0n) is 14.2. The molecule has 26 heavy (non-hydrogen) atoms. The highest BCUT2D eigenvalue weighted by Crippen LogP contribution is 2.26. The monoisotopic (exact) mass is 434 g/mol. The zero-order valence-corrected chi connectivity index (χ0v) is 16.6. The van der Waals surface area contributed by atoms with Crippen molar-refractivity contribution < 1.29 is 10.2 Å². The van der Waals surface area contributed by atoms with Gasteiger partial charge >= 0.3 is 0 Å². The fraction of sp³-hybridized carbons (Fsp3) is 0.263. The number of rotatable bonds is 6. The SMILES string of the molecule is CC(c1ccccc1)n1c(SCC(O)CO)nc2ccc(Br)cc2c1=O. The Morgan fingerprint density at radius 2 is 1.96 bits per heavy atom. The maximum absolute atomic E-state index is 13.2. The average molecular weight is 435 g/mol. The van der Waals surface area contributed by atoms with Crippen LogP contribution >= 0.6 is 27.7 Å². The second kappa shape index (κ2) is 8.35. The van der Waals surface area contributed by atoms with Crippen molar-refractivity contribution in [3.8, 4) is 0 Å². The van der Waals surface area contributed by atoms with Crippen molar-refractivity contribution in [2.75, 3.05) is 12.4 Å². The number of benzene rings is 2. The van der Waals surface area contributed by atoms with E-state index in [-0.39, 0.29) is 24.0 Å². The summed E-state index contributed by atoms with van der Waals surface area (Å²) >= 11 is 4.67. The van der Waals surface area contributed by atoms with E-state index in [4.69, 9.17) is 5.11 Å². The molecular formula is C19H19BrN2O3S. The standard InChI is InChI=1S/C19H19BrN2O3S/c1-12(13-5-3-2-4-6-13)22-18(25)16-9-14(20)7-8-17(16)21-19(22)26-11-15(24)10-23/h2-9,12,15,23-24H,10-11H2,1H3. The van der Waals surface area contributed by atoms with E-state index in [0.29, 0.717) is 16.1 Å². The van der Waals surface area contributed by atoms with Gasteiger partial charge in [0.15, 0.2) is 5.16 Å². The van der Waals surface area contributed by atoms with Crippen molar-refractivity contribution in [3.63, 3.8) is 0 Å². The molecule has 0 saturated carbocycles. The Morgan fingerprint density at radius 1 is 1.23 bits per heavy atom. The van der Waals surface area contributed by atoms with Crippen LogP contribution < -0.4 is 5.56 Å². The van der Waals surface area contributed by atoms with Gasteiger partial charge in [0.25, 0.3) is 5.56 Å². The highest BCUT2D eigenvalue weighted by molar-refractivity contribution is 9.10. The second-order valence-electron chi connectivity index (χ2n) is 5.97. The number of aliphatic hydroxyl groups excluding tert-OH is 2. The van der Waals surface area contributed by atoms with Gasteiger partial charge < -0.3 is 10.2 Å². The van der Waals surface area contributed by atoms with Crippen LogP contribution in [0.25, 0.3) is 10.9 Å². The van der Waals surface area contributed by atoms with E-state index in [1.807, 2.05) is 43.3 Å². The molecule has 0 bridgehead atoms. The fourth-order valence-electron chi connectivity index (χ4n) is 2.70. The van der Waals surface area contributed by atoms with Crippen molar-refractivity contribution >= 4 is 38.6 Å². The molecule has 1 heterocycles. The molecule has 5 nitrogen and oxygen atoms in total. The quantitative estimate of drug-likeness (QED) is 0.460. The summed E-state index contributed by atoms with van der Waals surface area (Å²) in [6.07, 6.45) is -0.863. The van der Waals surface area contributed by atoms with Gasteiger partial charge in [0.05, 0.1) is 29.7 Å². The van der Waals surface area contributed by atoms with Gasteiger partial charge in [0.1, 0.15) is 0 Å². The van der Waals surface area contributed by atoms with Crippen molar-refractivity contribution in [2.45, 2.75) is 24.2 Å². The number of hydrogen-bond acceptors (Lipinski definition) is 5. The van der Waals surface area contributed by atoms with Gasteiger partial charge in [-0.05, 0) is 30.7 Å². The molecule has 0 radical (unpaired) electrons. The van der Waals surface area contributed by atoms with Crippen LogP contribution in [0.15, 0.2) is 63.0 Å². The van der Waals surface area contributed by atoms with Crippen LogP contribution in [0.3, 0.4) is 0 Å². The average Bonchev–Trinajstić information content (AvgIpc) is 2.67. The third-order valence-corrected chi connectivity index (χ3v) is 5.71. The largest absolute Gasteiger partial charge is 0.394 e. The minimum atomic E-state index is -0.863. The van der Waals surface area contributed by atoms with Crippen molar-refractivity contribution in [3.05, 3.63) is 68.9 Å². The van der Waals surface area contributed by atoms with Gasteiger partial charge in [0, 0.05) is 10.2 Å². The molecule has 0 spiro atoms. The Labute approximate surface area is 163 Å². The number of aromatic nitrogens is 2. The molecule has 136 valence electrons. The maximum Gasteiger partial charge on any atom is 0.262 e. The molecule has 3 aromatic rings. The summed E-state index contributed by atoms with van der Waals surface area (Å²) in [7, 11) is 0. The van der Waals surface area contributed by atoms with E-state index in [9.17, 15) is 9.90 Å². The lowest BCUT2D eigenvalue weighted by molar-refractivity contribution is 0.113. The third kappa shape index (κ3) is 4.01. The molecule has 0 saturated heterocycles. The number of fused-ring (bicyclic) bond motifs is 1. The Bertz CT molecular complexity index is 962. The van der Waals surface area contributed by atoms with E-state index in [1.165, 1.54) is 11.8 Å². The van der Waals surface area contributed by atoms with E-state index >= 15 is 0 Å². The van der Waals surface area contributed by atoms with Gasteiger partial charge in [-0.15, -0.1) is 0 Å². The smallest absolute Gasteiger partial charge is 0.262 e. The molecular weight excluding hydrogens is 416 g/mol. The van der Waals surface area contributed by atoms with Gasteiger partial charge in [-0.2, -0.15) is 0 Å². The summed E-state index contributed by atoms with van der Waals surface area (Å²) in [5.74, 6) is 0.256. The van der Waals surface area contributed by atoms with Crippen LogP contribution in [0, 0.1) is 0 Å². The Hall–Kier alpha value is -1.67. The van der Waals surface area contributed by atoms with E-state index in [0.717, 1.165) is 10.0 Å². The number of nitrogens with zero attached hydrogens (tertiary/aromatic N) is 2. The van der Waals surface area contributed by atoms with E-state index < -0.39 is 6.10 Å². The number of halogens is 1. The normalized spacial score (nSPS) is 13.7. The molecule has 2 N–H and O–H groups in total. The number of hydrogen-bond donors (Lipinski definition) is 2. The number of aliphatic hydroxyl groups is 2. The lowest BCUT2D eigenvalue weighted by Gasteiger charge is -2.20. The molecule has 0 aliphatic heterocycles. The molecule has 0 aliphatic rings. The molecule has 1 aromatic heterocycles. The first kappa shape index (κ1) is 19.1. The van der Waals surface area contributed by atoms with Gasteiger partial charge in [-0.1, -0.05) is 58.0 Å². The maximum atomic E-state index is 13.2. The first-order valence-electron chi connectivity index (χ1n) is 8.19. The Kier molecular flexibility index (Phi) is 6.13. The summed E-state index contributed by atoms with van der Waals surface area (Å²) in [5.41, 5.74) is 1.47. The van der Waals surface area contributed by atoms with Gasteiger partial charge in [0.2, 0.25) is 0 Å². The third-order valence-electron chi connectivity index (χ3n) is 4.11. The van der Waals surface area contributed by atoms with Crippen LogP contribution in [-0.2, 0) is 0 Å². The first-order valence-corrected chi connectivity index (χ1v) is 9.97. The van der Waals surface area contributed by atoms with Crippen molar-refractivity contribution in [1.29, 1.82) is 0 Å². The minimum absolute atomic E-state index is 0.131. The van der Waals surface area contributed by atoms with Crippen LogP contribution in [-0.4, -0.2) is 38.2 Å². The highest BCUT2D eigenvalue weighted by Gasteiger charge is 2.19. The predicted octanol–water partition coefficient (Wildman–Crippen LogP) is 3.21. The topological polar surface area (TPSA) is 75.3 Å². The van der Waals surface area contributed by atoms with Crippen LogP contribution in [0.4, 0.5) is 0 Å². The Balaban J connectivity index is 2.16. The van der Waals surface area contributed by atoms with E-state index in [1.54, 1.807) is 16.7 Å². The van der Waals surface area contributed by atoms with Crippen LogP contribution in [0.2, 0.25) is 0 Å². The first-order chi connectivity index (χ1) is 12.5.